The summed E-state index contributed by atoms with van der Waals surface area (Å²) in [6.45, 7) is 6.08. The number of hydrogen-bond acceptors (Lipinski definition) is 11. The lowest BCUT2D eigenvalue weighted by Crippen LogP contribution is -2.69. The van der Waals surface area contributed by atoms with Gasteiger partial charge in [0.2, 0.25) is 0 Å². The Balaban J connectivity index is 0.880. The van der Waals surface area contributed by atoms with Crippen molar-refractivity contribution in [1.82, 2.24) is 5.32 Å². The number of ketones is 2. The molecule has 8 rings (SSSR count). The Morgan fingerprint density at radius 1 is 1.04 bits per heavy atom. The van der Waals surface area contributed by atoms with Crippen LogP contribution in [0.1, 0.15) is 119 Å². The number of nitrogens with one attached hydrogen (secondary N) is 1. The molecule has 3 fully saturated rings. The molecular weight excluding hydrogens is 905 g/mol. The monoisotopic (exact) mass is 970 g/mol. The molecule has 3 aromatic rings. The fourth-order valence-corrected chi connectivity index (χ4v) is 12.7. The third-order valence-corrected chi connectivity index (χ3v) is 16.2. The van der Waals surface area contributed by atoms with Gasteiger partial charge in [0.15, 0.2) is 48.1 Å². The number of aromatic nitrogens is 1. The number of fused-ring (bicyclic) bond motifs is 7. The van der Waals surface area contributed by atoms with Gasteiger partial charge in [0, 0.05) is 49.0 Å². The number of hydrogen-bond donors (Lipinski definition) is 5. The van der Waals surface area contributed by atoms with Gasteiger partial charge in [0.1, 0.15) is 5.75 Å². The Kier molecular flexibility index (Phi) is 15.6. The molecule has 1 aliphatic heterocycles. The van der Waals surface area contributed by atoms with E-state index in [0.717, 1.165) is 58.2 Å². The number of phosphoric acid groups is 1. The van der Waals surface area contributed by atoms with Gasteiger partial charge in [-0.1, -0.05) is 73.9 Å². The largest absolute Gasteiger partial charge is 0.524 e. The third kappa shape index (κ3) is 10.2. The zero-order valence-electron chi connectivity index (χ0n) is 39.5. The highest BCUT2D eigenvalue weighted by atomic mass is 31.2. The number of carbonyl (C=O) groups excluding carboxylic acids is 2. The smallest absolute Gasteiger partial charge is 0.404 e. The van der Waals surface area contributed by atoms with E-state index in [9.17, 15) is 39.4 Å². The first kappa shape index (κ1) is 50.9. The number of aryl methyl sites for hydroxylation is 1. The Morgan fingerprint density at radius 3 is 2.58 bits per heavy atom. The molecule has 0 spiro atoms. The number of rotatable bonds is 22. The van der Waals surface area contributed by atoms with Crippen LogP contribution in [0.25, 0.3) is 0 Å². The van der Waals surface area contributed by atoms with Gasteiger partial charge < -0.3 is 34.3 Å². The number of alkyl halides is 1. The third-order valence-electron chi connectivity index (χ3n) is 15.8. The van der Waals surface area contributed by atoms with Crippen molar-refractivity contribution in [2.45, 2.75) is 133 Å². The van der Waals surface area contributed by atoms with E-state index in [-0.39, 0.29) is 50.3 Å². The molecule has 2 aromatic carbocycles. The number of aliphatic hydroxyl groups excluding tert-OH is 2. The van der Waals surface area contributed by atoms with Gasteiger partial charge in [-0.2, -0.15) is 5.26 Å². The summed E-state index contributed by atoms with van der Waals surface area (Å²) in [7, 11) is -5.01. The van der Waals surface area contributed by atoms with Gasteiger partial charge in [-0.05, 0) is 106 Å². The molecule has 1 aromatic heterocycles. The van der Waals surface area contributed by atoms with Gasteiger partial charge in [-0.25, -0.2) is 13.5 Å². The number of nitriles is 1. The van der Waals surface area contributed by atoms with E-state index in [4.69, 9.17) is 18.7 Å². The lowest BCUT2D eigenvalue weighted by molar-refractivity contribution is -0.689. The molecule has 0 amide bonds. The number of phosphoric ester groups is 1. The minimum Gasteiger partial charge on any atom is -0.404 e. The summed E-state index contributed by atoms with van der Waals surface area (Å²) in [4.78, 5) is 46.4. The van der Waals surface area contributed by atoms with Crippen molar-refractivity contribution in [3.05, 3.63) is 119 Å². The Hall–Kier alpha value is -4.46. The molecule has 16 heteroatoms. The molecule has 69 heavy (non-hydrogen) atoms. The number of halogens is 1. The van der Waals surface area contributed by atoms with Crippen molar-refractivity contribution in [3.8, 4) is 11.8 Å². The van der Waals surface area contributed by atoms with Crippen LogP contribution in [0.5, 0.6) is 5.75 Å². The SMILES string of the molecule is C[C@]12C=CC(=O)CC1=CCC1C3C[C@H]4OC(c5ccc[n+](Cc6ccc(C(O)CNCCCCCCOCCCCc7ccccc7)cc6OP(=O)(O)O)c5)O[C@@]4(C(=O)CC#N)[C@@]3(C)C[C@H](O)[C@@]12F. The number of unbranched alkanes of at least 4 members (excludes halogenated alkanes) is 4. The summed E-state index contributed by atoms with van der Waals surface area (Å²) < 4.78 is 56.1. The fraction of sp³-hybridized carbons (Fsp3) is 0.547. The molecule has 14 nitrogen and oxygen atoms in total. The summed E-state index contributed by atoms with van der Waals surface area (Å²) >= 11 is 0. The predicted molar refractivity (Wildman–Crippen MR) is 252 cm³/mol. The van der Waals surface area contributed by atoms with E-state index >= 15 is 4.39 Å². The van der Waals surface area contributed by atoms with Crippen LogP contribution in [0.15, 0.2) is 96.9 Å². The van der Waals surface area contributed by atoms with Crippen LogP contribution in [0.3, 0.4) is 0 Å². The minimum absolute atomic E-state index is 0.0757. The maximum Gasteiger partial charge on any atom is 0.524 e. The van der Waals surface area contributed by atoms with Crippen molar-refractivity contribution in [2.75, 3.05) is 26.3 Å². The average molecular weight is 971 g/mol. The second kappa shape index (κ2) is 21.1. The van der Waals surface area contributed by atoms with Crippen LogP contribution in [-0.2, 0) is 41.3 Å². The number of benzene rings is 2. The number of nitrogens with zero attached hydrogens (tertiary/aromatic N) is 2. The van der Waals surface area contributed by atoms with Gasteiger partial charge >= 0.3 is 7.82 Å². The molecule has 4 unspecified atom stereocenters. The number of ether oxygens (including phenoxy) is 3. The topological polar surface area (TPSA) is 209 Å². The molecule has 2 saturated carbocycles. The van der Waals surface area contributed by atoms with Crippen molar-refractivity contribution >= 4 is 19.4 Å². The first-order chi connectivity index (χ1) is 33.0. The number of allylic oxidation sites excluding steroid dienone is 4. The maximum atomic E-state index is 17.9. The molecule has 370 valence electrons. The van der Waals surface area contributed by atoms with Crippen molar-refractivity contribution < 1.29 is 61.8 Å². The summed E-state index contributed by atoms with van der Waals surface area (Å²) in [5, 5.41) is 36.1. The van der Waals surface area contributed by atoms with Crippen LogP contribution in [0, 0.1) is 34.0 Å². The molecule has 0 bridgehead atoms. The predicted octanol–water partition coefficient (Wildman–Crippen LogP) is 7.33. The van der Waals surface area contributed by atoms with E-state index in [1.165, 1.54) is 17.7 Å². The van der Waals surface area contributed by atoms with Crippen molar-refractivity contribution in [2.24, 2.45) is 22.7 Å². The summed E-state index contributed by atoms with van der Waals surface area (Å²) in [5.74, 6) is -1.93. The molecule has 10 atom stereocenters. The van der Waals surface area contributed by atoms with E-state index in [1.54, 1.807) is 54.2 Å². The van der Waals surface area contributed by atoms with Crippen LogP contribution in [0.4, 0.5) is 4.39 Å². The average Bonchev–Trinajstić information content (AvgIpc) is 3.82. The van der Waals surface area contributed by atoms with E-state index in [0.29, 0.717) is 28.8 Å². The lowest BCUT2D eigenvalue weighted by atomic mass is 9.45. The molecule has 5 N–H and O–H groups in total. The highest BCUT2D eigenvalue weighted by molar-refractivity contribution is 7.46. The summed E-state index contributed by atoms with van der Waals surface area (Å²) in [6.07, 6.45) is 11.0. The van der Waals surface area contributed by atoms with Crippen LogP contribution < -0.4 is 14.4 Å². The van der Waals surface area contributed by atoms with Gasteiger partial charge in [0.05, 0.1) is 41.9 Å². The number of pyridine rings is 1. The molecule has 0 radical (unpaired) electrons. The van der Waals surface area contributed by atoms with E-state index in [1.807, 2.05) is 25.1 Å². The quantitative estimate of drug-likeness (QED) is 0.0290. The van der Waals surface area contributed by atoms with Gasteiger partial charge in [0.25, 0.3) is 0 Å². The highest BCUT2D eigenvalue weighted by Gasteiger charge is 2.79. The first-order valence-corrected chi connectivity index (χ1v) is 25.9. The van der Waals surface area contributed by atoms with Gasteiger partial charge in [-0.3, -0.25) is 19.4 Å². The minimum atomic E-state index is -5.01. The molecular formula is C53H66FN3O11P+. The number of aliphatic hydroxyl groups is 2. The summed E-state index contributed by atoms with van der Waals surface area (Å²) in [5.41, 5.74) is -2.84. The van der Waals surface area contributed by atoms with E-state index in [2.05, 4.69) is 29.6 Å². The standard InChI is InChI=1S/C53H65FN3O11P/c1-50-23-21-41(58)30-40(50)19-20-42-43-31-48-53(46(60)22-24-55,51(43,2)32-47(61)52(42,50)54)67-49(66-48)39-16-12-26-57(35-39)34-38-18-17-37(29-45(38)68-69(62,63)64)44(59)33-56-25-9-3-4-10-27-65-28-11-8-15-36-13-6-5-7-14-36/h5-7,12-14,16-19,21,23,26,29,35,42-44,47-49,56,59,61H,3-4,8-11,15,20,22,25,27-28,30-34H2,1-2H3,(H-,62,63,64)/p+1/t42?,43?,44?,47-,48+,49?,50-,51-,52-,53+/m0/s1. The highest BCUT2D eigenvalue weighted by Crippen LogP contribution is 2.72. The Labute approximate surface area is 403 Å². The fourth-order valence-electron chi connectivity index (χ4n) is 12.3. The summed E-state index contributed by atoms with van der Waals surface area (Å²) in [6, 6.07) is 20.7. The van der Waals surface area contributed by atoms with Crippen LogP contribution >= 0.6 is 7.82 Å². The Bertz CT molecular complexity index is 2500. The molecule has 2 heterocycles. The van der Waals surface area contributed by atoms with Crippen molar-refractivity contribution in [1.29, 1.82) is 5.26 Å². The Morgan fingerprint density at radius 2 is 1.81 bits per heavy atom. The molecule has 5 aliphatic rings. The van der Waals surface area contributed by atoms with E-state index < -0.39 is 78.6 Å². The second-order valence-electron chi connectivity index (χ2n) is 20.0. The maximum absolute atomic E-state index is 17.9. The molecule has 1 saturated heterocycles. The zero-order chi connectivity index (χ0) is 49.0. The molecule has 4 aliphatic carbocycles. The van der Waals surface area contributed by atoms with Gasteiger partial charge in [-0.15, -0.1) is 0 Å². The lowest BCUT2D eigenvalue weighted by Gasteiger charge is -2.62. The van der Waals surface area contributed by atoms with Crippen LogP contribution in [0.2, 0.25) is 0 Å². The number of carbonyl (C=O) groups is 2. The van der Waals surface area contributed by atoms with Crippen molar-refractivity contribution in [3.63, 3.8) is 0 Å². The van der Waals surface area contributed by atoms with Crippen LogP contribution in [-0.4, -0.2) is 81.3 Å². The second-order valence-corrected chi connectivity index (χ2v) is 21.2. The first-order valence-electron chi connectivity index (χ1n) is 24.4. The number of Topliss-reactive ketones (excluding diaryl/α,β-unsaturated/α-hetero) is 1. The normalized spacial score (nSPS) is 30.7. The zero-order valence-corrected chi connectivity index (χ0v) is 40.4.